The second-order valence-corrected chi connectivity index (χ2v) is 6.58. The van der Waals surface area contributed by atoms with E-state index in [1.165, 1.54) is 0 Å². The maximum Gasteiger partial charge on any atom is 0.255 e. The maximum atomic E-state index is 12.9. The Kier molecular flexibility index (Phi) is 4.36. The van der Waals surface area contributed by atoms with Crippen LogP contribution in [0.1, 0.15) is 17.3 Å². The third-order valence-electron chi connectivity index (χ3n) is 4.35. The van der Waals surface area contributed by atoms with Crippen molar-refractivity contribution in [2.45, 2.75) is 6.92 Å². The van der Waals surface area contributed by atoms with E-state index in [2.05, 4.69) is 11.8 Å². The van der Waals surface area contributed by atoms with E-state index in [0.717, 1.165) is 44.1 Å². The number of carbonyl (C=O) groups is 1. The second-order valence-electron chi connectivity index (χ2n) is 6.58. The predicted octanol–water partition coefficient (Wildman–Crippen LogP) is 1.63. The zero-order valence-electron chi connectivity index (χ0n) is 13.4. The SMILES string of the molecule is CN(CC1(C)COC1)C(=O)c1ccccc1N1CCOCC1. The second kappa shape index (κ2) is 6.26. The summed E-state index contributed by atoms with van der Waals surface area (Å²) in [6.45, 7) is 7.45. The van der Waals surface area contributed by atoms with E-state index in [-0.39, 0.29) is 11.3 Å². The van der Waals surface area contributed by atoms with E-state index in [0.29, 0.717) is 13.2 Å². The lowest BCUT2D eigenvalue weighted by Crippen LogP contribution is -2.49. The molecule has 0 aromatic heterocycles. The summed E-state index contributed by atoms with van der Waals surface area (Å²) in [5.41, 5.74) is 1.88. The maximum absolute atomic E-state index is 12.9. The van der Waals surface area contributed by atoms with Crippen molar-refractivity contribution in [2.24, 2.45) is 5.41 Å². The average Bonchev–Trinajstić information content (AvgIpc) is 2.53. The van der Waals surface area contributed by atoms with Crippen LogP contribution in [0.2, 0.25) is 0 Å². The van der Waals surface area contributed by atoms with Crippen LogP contribution in [0.25, 0.3) is 0 Å². The number of hydrogen-bond donors (Lipinski definition) is 0. The molecule has 1 aromatic carbocycles. The molecule has 0 aliphatic carbocycles. The lowest BCUT2D eigenvalue weighted by Gasteiger charge is -2.41. The summed E-state index contributed by atoms with van der Waals surface area (Å²) in [7, 11) is 1.88. The zero-order chi connectivity index (χ0) is 15.6. The Labute approximate surface area is 131 Å². The standard InChI is InChI=1S/C17H24N2O3/c1-17(12-22-13-17)11-18(2)16(20)14-5-3-4-6-15(14)19-7-9-21-10-8-19/h3-6H,7-13H2,1-2H3. The van der Waals surface area contributed by atoms with Gasteiger partial charge in [-0.25, -0.2) is 0 Å². The summed E-state index contributed by atoms with van der Waals surface area (Å²) >= 11 is 0. The summed E-state index contributed by atoms with van der Waals surface area (Å²) in [4.78, 5) is 16.9. The Morgan fingerprint density at radius 3 is 2.55 bits per heavy atom. The van der Waals surface area contributed by atoms with E-state index in [4.69, 9.17) is 9.47 Å². The van der Waals surface area contributed by atoms with Crippen LogP contribution >= 0.6 is 0 Å². The quantitative estimate of drug-likeness (QED) is 0.848. The van der Waals surface area contributed by atoms with Crippen molar-refractivity contribution in [2.75, 3.05) is 58.0 Å². The van der Waals surface area contributed by atoms with Gasteiger partial charge in [-0.3, -0.25) is 4.79 Å². The van der Waals surface area contributed by atoms with E-state index < -0.39 is 0 Å². The number of hydrogen-bond acceptors (Lipinski definition) is 4. The van der Waals surface area contributed by atoms with Crippen LogP contribution < -0.4 is 4.90 Å². The van der Waals surface area contributed by atoms with E-state index in [1.807, 2.05) is 36.2 Å². The Morgan fingerprint density at radius 2 is 1.91 bits per heavy atom. The molecule has 5 nitrogen and oxygen atoms in total. The fraction of sp³-hybridized carbons (Fsp3) is 0.588. The number of benzene rings is 1. The molecule has 2 fully saturated rings. The molecule has 2 heterocycles. The van der Waals surface area contributed by atoms with E-state index in [9.17, 15) is 4.79 Å². The molecular formula is C17H24N2O3. The Balaban J connectivity index is 1.76. The third kappa shape index (κ3) is 3.10. The van der Waals surface area contributed by atoms with Crippen molar-refractivity contribution in [3.8, 4) is 0 Å². The fourth-order valence-corrected chi connectivity index (χ4v) is 3.13. The minimum Gasteiger partial charge on any atom is -0.380 e. The average molecular weight is 304 g/mol. The molecule has 0 N–H and O–H groups in total. The normalized spacial score (nSPS) is 20.4. The molecule has 0 atom stereocenters. The first kappa shape index (κ1) is 15.3. The molecule has 2 saturated heterocycles. The molecular weight excluding hydrogens is 280 g/mol. The lowest BCUT2D eigenvalue weighted by atomic mass is 9.88. The van der Waals surface area contributed by atoms with Gasteiger partial charge in [-0.05, 0) is 12.1 Å². The molecule has 2 aliphatic rings. The van der Waals surface area contributed by atoms with Gasteiger partial charge in [0.1, 0.15) is 0 Å². The summed E-state index contributed by atoms with van der Waals surface area (Å²) < 4.78 is 10.7. The van der Waals surface area contributed by atoms with Crippen LogP contribution in [0.5, 0.6) is 0 Å². The van der Waals surface area contributed by atoms with Crippen LogP contribution in [-0.4, -0.2) is 63.9 Å². The van der Waals surface area contributed by atoms with Gasteiger partial charge in [0.25, 0.3) is 5.91 Å². The van der Waals surface area contributed by atoms with Crippen LogP contribution in [0.3, 0.4) is 0 Å². The van der Waals surface area contributed by atoms with Gasteiger partial charge in [0.15, 0.2) is 0 Å². The molecule has 3 rings (SSSR count). The van der Waals surface area contributed by atoms with Gasteiger partial charge >= 0.3 is 0 Å². The highest BCUT2D eigenvalue weighted by molar-refractivity contribution is 5.99. The van der Waals surface area contributed by atoms with Crippen molar-refractivity contribution < 1.29 is 14.3 Å². The van der Waals surface area contributed by atoms with Crippen LogP contribution in [0.15, 0.2) is 24.3 Å². The lowest BCUT2D eigenvalue weighted by molar-refractivity contribution is -0.109. The Hall–Kier alpha value is -1.59. The van der Waals surface area contributed by atoms with Crippen molar-refractivity contribution in [1.29, 1.82) is 0 Å². The molecule has 1 aromatic rings. The van der Waals surface area contributed by atoms with E-state index >= 15 is 0 Å². The van der Waals surface area contributed by atoms with Gasteiger partial charge in [-0.1, -0.05) is 19.1 Å². The number of ether oxygens (including phenoxy) is 2. The van der Waals surface area contributed by atoms with Gasteiger partial charge in [-0.2, -0.15) is 0 Å². The van der Waals surface area contributed by atoms with Gasteiger partial charge in [0.2, 0.25) is 0 Å². The van der Waals surface area contributed by atoms with Crippen molar-refractivity contribution in [3.05, 3.63) is 29.8 Å². The summed E-state index contributed by atoms with van der Waals surface area (Å²) in [5, 5.41) is 0. The number of carbonyl (C=O) groups excluding carboxylic acids is 1. The van der Waals surface area contributed by atoms with Gasteiger partial charge in [-0.15, -0.1) is 0 Å². The minimum absolute atomic E-state index is 0.0789. The van der Waals surface area contributed by atoms with Crippen LogP contribution in [-0.2, 0) is 9.47 Å². The number of rotatable bonds is 4. The number of amides is 1. The topological polar surface area (TPSA) is 42.0 Å². The van der Waals surface area contributed by atoms with E-state index in [1.54, 1.807) is 0 Å². The molecule has 0 spiro atoms. The van der Waals surface area contributed by atoms with Gasteiger partial charge in [0, 0.05) is 37.8 Å². The first-order valence-corrected chi connectivity index (χ1v) is 7.84. The smallest absolute Gasteiger partial charge is 0.255 e. The Bertz CT molecular complexity index is 536. The van der Waals surface area contributed by atoms with Gasteiger partial charge < -0.3 is 19.3 Å². The molecule has 1 amide bonds. The number of anilines is 1. The fourth-order valence-electron chi connectivity index (χ4n) is 3.13. The Morgan fingerprint density at radius 1 is 1.23 bits per heavy atom. The van der Waals surface area contributed by atoms with Crippen molar-refractivity contribution >= 4 is 11.6 Å². The van der Waals surface area contributed by atoms with Gasteiger partial charge in [0.05, 0.1) is 32.0 Å². The molecule has 22 heavy (non-hydrogen) atoms. The minimum atomic E-state index is 0.0789. The molecule has 120 valence electrons. The zero-order valence-corrected chi connectivity index (χ0v) is 13.4. The van der Waals surface area contributed by atoms with Crippen molar-refractivity contribution in [3.63, 3.8) is 0 Å². The molecule has 5 heteroatoms. The molecule has 0 bridgehead atoms. The monoisotopic (exact) mass is 304 g/mol. The molecule has 0 radical (unpaired) electrons. The highest BCUT2D eigenvalue weighted by Gasteiger charge is 2.36. The first-order chi connectivity index (χ1) is 10.6. The summed E-state index contributed by atoms with van der Waals surface area (Å²) in [6, 6.07) is 7.87. The van der Waals surface area contributed by atoms with Crippen LogP contribution in [0, 0.1) is 5.41 Å². The summed E-state index contributed by atoms with van der Waals surface area (Å²) in [6.07, 6.45) is 0. The first-order valence-electron chi connectivity index (χ1n) is 7.84. The predicted molar refractivity (Wildman–Crippen MR) is 85.4 cm³/mol. The van der Waals surface area contributed by atoms with Crippen LogP contribution in [0.4, 0.5) is 5.69 Å². The largest absolute Gasteiger partial charge is 0.380 e. The highest BCUT2D eigenvalue weighted by atomic mass is 16.5. The highest BCUT2D eigenvalue weighted by Crippen LogP contribution is 2.29. The van der Waals surface area contributed by atoms with Crippen molar-refractivity contribution in [1.82, 2.24) is 4.90 Å². The number of nitrogens with zero attached hydrogens (tertiary/aromatic N) is 2. The third-order valence-corrected chi connectivity index (χ3v) is 4.35. The molecule has 0 saturated carbocycles. The molecule has 2 aliphatic heterocycles. The number of para-hydroxylation sites is 1. The molecule has 0 unspecified atom stereocenters. The summed E-state index contributed by atoms with van der Waals surface area (Å²) in [5.74, 6) is 0.0789. The number of morpholine rings is 1.